The molecule has 0 spiro atoms. The number of halogens is 1. The Morgan fingerprint density at radius 3 is 2.62 bits per heavy atom. The first-order valence-electron chi connectivity index (χ1n) is 6.25. The lowest BCUT2D eigenvalue weighted by molar-refractivity contribution is -0.386. The molecule has 0 saturated carbocycles. The molecule has 0 aliphatic carbocycles. The Bertz CT molecular complexity index is 624. The van der Waals surface area contributed by atoms with Crippen LogP contribution in [0.1, 0.15) is 31.9 Å². The molecule has 0 aromatic heterocycles. The van der Waals surface area contributed by atoms with Gasteiger partial charge in [-0.05, 0) is 54.5 Å². The molecule has 0 fully saturated rings. The van der Waals surface area contributed by atoms with Crippen molar-refractivity contribution in [3.8, 4) is 5.75 Å². The summed E-state index contributed by atoms with van der Waals surface area (Å²) in [6.45, 7) is 5.83. The first kappa shape index (κ1) is 15.8. The number of carbonyl (C=O) groups excluding carboxylic acids is 1. The van der Waals surface area contributed by atoms with E-state index in [9.17, 15) is 20.0 Å². The van der Waals surface area contributed by atoms with E-state index < -0.39 is 16.6 Å². The molecule has 1 aliphatic heterocycles. The highest BCUT2D eigenvalue weighted by Crippen LogP contribution is 2.39. The van der Waals surface area contributed by atoms with Gasteiger partial charge in [0.15, 0.2) is 0 Å². The lowest BCUT2D eigenvalue weighted by atomic mass is 10.1. The number of carbonyl (C=O) groups is 1. The molecule has 1 N–H and O–H groups in total. The fourth-order valence-corrected chi connectivity index (χ4v) is 2.87. The zero-order valence-corrected chi connectivity index (χ0v) is 14.0. The lowest BCUT2D eigenvalue weighted by Crippen LogP contribution is -2.33. The number of rotatable bonds is 1. The van der Waals surface area contributed by atoms with Gasteiger partial charge in [0.05, 0.1) is 15.0 Å². The van der Waals surface area contributed by atoms with Crippen LogP contribution in [0.2, 0.25) is 0 Å². The highest BCUT2D eigenvalue weighted by Gasteiger charge is 2.32. The maximum atomic E-state index is 12.0. The Balaban J connectivity index is 2.29. The maximum absolute atomic E-state index is 12.0. The molecule has 1 aromatic carbocycles. The molecule has 0 saturated heterocycles. The van der Waals surface area contributed by atoms with E-state index in [0.29, 0.717) is 9.13 Å². The molecule has 1 aliphatic rings. The smallest absolute Gasteiger partial charge is 0.410 e. The molecule has 0 unspecified atom stereocenters. The number of nitrogens with zero attached hydrogens (tertiary/aromatic N) is 2. The van der Waals surface area contributed by atoms with Gasteiger partial charge < -0.3 is 9.84 Å². The third kappa shape index (κ3) is 3.20. The Morgan fingerprint density at radius 2 is 2.10 bits per heavy atom. The van der Waals surface area contributed by atoms with Crippen LogP contribution in [0.3, 0.4) is 0 Å². The number of nitro benzene ring substituents is 1. The van der Waals surface area contributed by atoms with Gasteiger partial charge in [-0.25, -0.2) is 4.79 Å². The first-order chi connectivity index (χ1) is 9.60. The number of fused-ring (bicyclic) bond motifs is 1. The highest BCUT2D eigenvalue weighted by molar-refractivity contribution is 14.1. The van der Waals surface area contributed by atoms with E-state index in [-0.39, 0.29) is 24.5 Å². The van der Waals surface area contributed by atoms with Crippen LogP contribution in [0, 0.1) is 13.7 Å². The lowest BCUT2D eigenvalue weighted by Gasteiger charge is -2.24. The summed E-state index contributed by atoms with van der Waals surface area (Å²) in [5.41, 5.74) is 0.441. The number of ether oxygens (including phenoxy) is 1. The van der Waals surface area contributed by atoms with Crippen LogP contribution in [0.4, 0.5) is 10.5 Å². The van der Waals surface area contributed by atoms with Crippen molar-refractivity contribution in [2.75, 3.05) is 0 Å². The van der Waals surface area contributed by atoms with E-state index in [1.54, 1.807) is 20.8 Å². The Hall–Kier alpha value is -1.58. The molecular formula is C13H15IN2O5. The minimum Gasteiger partial charge on any atom is -0.501 e. The summed E-state index contributed by atoms with van der Waals surface area (Å²) in [7, 11) is 0. The second-order valence-electron chi connectivity index (χ2n) is 5.79. The van der Waals surface area contributed by atoms with E-state index in [1.165, 1.54) is 11.0 Å². The Labute approximate surface area is 135 Å². The number of phenols is 1. The minimum absolute atomic E-state index is 0.237. The molecule has 1 amide bonds. The van der Waals surface area contributed by atoms with Crippen LogP contribution in [0.25, 0.3) is 0 Å². The standard InChI is InChI=1S/C13H15IN2O5/c1-13(2,3)21-12(18)15-5-7-4-9(16(19)20)11(17)10(14)8(7)6-15/h4,17H,5-6H2,1-3H3. The molecule has 1 heterocycles. The van der Waals surface area contributed by atoms with Crippen LogP contribution in [-0.4, -0.2) is 26.6 Å². The predicted molar refractivity (Wildman–Crippen MR) is 83.0 cm³/mol. The minimum atomic E-state index is -0.631. The first-order valence-corrected chi connectivity index (χ1v) is 7.33. The van der Waals surface area contributed by atoms with Gasteiger partial charge in [0.1, 0.15) is 5.60 Å². The molecule has 2 rings (SSSR count). The van der Waals surface area contributed by atoms with Crippen LogP contribution < -0.4 is 0 Å². The normalized spacial score (nSPS) is 14.0. The SMILES string of the molecule is CC(C)(C)OC(=O)N1Cc2cc([N+](=O)[O-])c(O)c(I)c2C1. The van der Waals surface area contributed by atoms with Crippen LogP contribution in [0.5, 0.6) is 5.75 Å². The van der Waals surface area contributed by atoms with Crippen molar-refractivity contribution in [1.82, 2.24) is 4.90 Å². The fourth-order valence-electron chi connectivity index (χ4n) is 2.08. The van der Waals surface area contributed by atoms with Gasteiger partial charge in [-0.1, -0.05) is 0 Å². The summed E-state index contributed by atoms with van der Waals surface area (Å²) < 4.78 is 5.69. The molecule has 0 radical (unpaired) electrons. The van der Waals surface area contributed by atoms with Crippen molar-refractivity contribution in [3.05, 3.63) is 30.9 Å². The quantitative estimate of drug-likeness (QED) is 0.440. The summed E-state index contributed by atoms with van der Waals surface area (Å²) in [6, 6.07) is 1.32. The van der Waals surface area contributed by atoms with Gasteiger partial charge in [0.2, 0.25) is 5.75 Å². The van der Waals surface area contributed by atoms with Crippen molar-refractivity contribution >= 4 is 34.4 Å². The maximum Gasteiger partial charge on any atom is 0.410 e. The van der Waals surface area contributed by atoms with E-state index in [0.717, 1.165) is 5.56 Å². The van der Waals surface area contributed by atoms with Crippen LogP contribution in [0.15, 0.2) is 6.07 Å². The molecule has 8 heteroatoms. The van der Waals surface area contributed by atoms with Gasteiger partial charge in [-0.15, -0.1) is 0 Å². The number of aromatic hydroxyl groups is 1. The summed E-state index contributed by atoms with van der Waals surface area (Å²) in [6.07, 6.45) is -0.475. The van der Waals surface area contributed by atoms with Gasteiger partial charge in [0.25, 0.3) is 0 Å². The van der Waals surface area contributed by atoms with Gasteiger partial charge in [-0.3, -0.25) is 15.0 Å². The molecule has 21 heavy (non-hydrogen) atoms. The third-order valence-corrected chi connectivity index (χ3v) is 4.13. The van der Waals surface area contributed by atoms with E-state index >= 15 is 0 Å². The molecular weight excluding hydrogens is 391 g/mol. The molecule has 114 valence electrons. The van der Waals surface area contributed by atoms with E-state index in [4.69, 9.17) is 4.74 Å². The largest absolute Gasteiger partial charge is 0.501 e. The second kappa shape index (κ2) is 5.32. The number of nitro groups is 1. The predicted octanol–water partition coefficient (Wildman–Crippen LogP) is 3.16. The second-order valence-corrected chi connectivity index (χ2v) is 6.87. The number of hydrogen-bond acceptors (Lipinski definition) is 5. The van der Waals surface area contributed by atoms with Crippen molar-refractivity contribution in [1.29, 1.82) is 0 Å². The average Bonchev–Trinajstić information content (AvgIpc) is 2.75. The average molecular weight is 406 g/mol. The molecule has 0 bridgehead atoms. The molecule has 0 atom stereocenters. The Morgan fingerprint density at radius 1 is 1.48 bits per heavy atom. The molecule has 7 nitrogen and oxygen atoms in total. The monoisotopic (exact) mass is 406 g/mol. The van der Waals surface area contributed by atoms with Crippen LogP contribution >= 0.6 is 22.6 Å². The van der Waals surface area contributed by atoms with Crippen molar-refractivity contribution in [3.63, 3.8) is 0 Å². The topological polar surface area (TPSA) is 92.9 Å². The summed E-state index contributed by atoms with van der Waals surface area (Å²) >= 11 is 1.86. The Kier molecular flexibility index (Phi) is 4.00. The van der Waals surface area contributed by atoms with Gasteiger partial charge >= 0.3 is 11.8 Å². The fraction of sp³-hybridized carbons (Fsp3) is 0.462. The van der Waals surface area contributed by atoms with Crippen LogP contribution in [-0.2, 0) is 17.8 Å². The number of amides is 1. The summed E-state index contributed by atoms with van der Waals surface area (Å²) in [5.74, 6) is -0.356. The highest BCUT2D eigenvalue weighted by atomic mass is 127. The van der Waals surface area contributed by atoms with Crippen molar-refractivity contribution in [2.45, 2.75) is 39.5 Å². The third-order valence-electron chi connectivity index (χ3n) is 2.97. The zero-order chi connectivity index (χ0) is 15.9. The number of benzene rings is 1. The van der Waals surface area contributed by atoms with E-state index in [2.05, 4.69) is 0 Å². The van der Waals surface area contributed by atoms with Gasteiger partial charge in [-0.2, -0.15) is 0 Å². The molecule has 1 aromatic rings. The summed E-state index contributed by atoms with van der Waals surface area (Å²) in [4.78, 5) is 23.8. The van der Waals surface area contributed by atoms with Crippen molar-refractivity contribution in [2.24, 2.45) is 0 Å². The van der Waals surface area contributed by atoms with Crippen molar-refractivity contribution < 1.29 is 19.6 Å². The zero-order valence-electron chi connectivity index (χ0n) is 11.8. The van der Waals surface area contributed by atoms with Gasteiger partial charge in [0, 0.05) is 12.6 Å². The summed E-state index contributed by atoms with van der Waals surface area (Å²) in [5, 5.41) is 20.8. The number of hydrogen-bond donors (Lipinski definition) is 1. The van der Waals surface area contributed by atoms with E-state index in [1.807, 2.05) is 22.6 Å². The number of phenolic OH excluding ortho intramolecular Hbond substituents is 1.